The summed E-state index contributed by atoms with van der Waals surface area (Å²) in [5.41, 5.74) is 1.80. The predicted molar refractivity (Wildman–Crippen MR) is 103 cm³/mol. The van der Waals surface area contributed by atoms with Crippen molar-refractivity contribution in [1.29, 1.82) is 0 Å². The van der Waals surface area contributed by atoms with Crippen LogP contribution in [0.25, 0.3) is 0 Å². The lowest BCUT2D eigenvalue weighted by molar-refractivity contribution is -0.143. The SMILES string of the molecule is COc1cc([C@H]2C(C(=O)OC(C)C)=C(C)Nc3ncnn32)cc(I)c1O. The average molecular weight is 470 g/mol. The lowest BCUT2D eigenvalue weighted by Crippen LogP contribution is -2.30. The van der Waals surface area contributed by atoms with Gasteiger partial charge in [0.2, 0.25) is 5.95 Å². The molecule has 1 atom stereocenters. The summed E-state index contributed by atoms with van der Waals surface area (Å²) >= 11 is 2.02. The van der Waals surface area contributed by atoms with E-state index in [2.05, 4.69) is 15.4 Å². The second-order valence-electron chi connectivity index (χ2n) is 6.10. The molecule has 0 bridgehead atoms. The Morgan fingerprint density at radius 1 is 1.42 bits per heavy atom. The largest absolute Gasteiger partial charge is 0.504 e. The first-order valence-electron chi connectivity index (χ1n) is 7.98. The van der Waals surface area contributed by atoms with Crippen LogP contribution in [0.3, 0.4) is 0 Å². The van der Waals surface area contributed by atoms with E-state index >= 15 is 0 Å². The number of methoxy groups -OCH3 is 1. The summed E-state index contributed by atoms with van der Waals surface area (Å²) < 4.78 is 12.9. The van der Waals surface area contributed by atoms with Crippen molar-refractivity contribution >= 4 is 34.5 Å². The summed E-state index contributed by atoms with van der Waals surface area (Å²) in [5.74, 6) is 0.465. The summed E-state index contributed by atoms with van der Waals surface area (Å²) in [6.07, 6.45) is 1.16. The number of esters is 1. The molecule has 0 fully saturated rings. The Kier molecular flexibility index (Phi) is 5.08. The van der Waals surface area contributed by atoms with E-state index in [9.17, 15) is 9.90 Å². The molecule has 2 N–H and O–H groups in total. The molecule has 1 aromatic carbocycles. The molecule has 0 unspecified atom stereocenters. The first-order chi connectivity index (χ1) is 12.3. The molecular weight excluding hydrogens is 451 g/mol. The molecule has 8 nitrogen and oxygen atoms in total. The zero-order valence-corrected chi connectivity index (χ0v) is 16.9. The number of aromatic nitrogens is 3. The van der Waals surface area contributed by atoms with Gasteiger partial charge in [0.15, 0.2) is 11.5 Å². The molecule has 0 saturated heterocycles. The molecule has 0 spiro atoms. The number of nitrogens with zero attached hydrogens (tertiary/aromatic N) is 3. The van der Waals surface area contributed by atoms with Gasteiger partial charge in [-0.2, -0.15) is 10.1 Å². The van der Waals surface area contributed by atoms with Gasteiger partial charge in [0.25, 0.3) is 0 Å². The topological polar surface area (TPSA) is 98.5 Å². The molecule has 3 rings (SSSR count). The number of rotatable bonds is 4. The number of aromatic hydroxyl groups is 1. The third kappa shape index (κ3) is 3.22. The van der Waals surface area contributed by atoms with Crippen molar-refractivity contribution in [2.45, 2.75) is 32.9 Å². The fourth-order valence-corrected chi connectivity index (χ4v) is 3.47. The maximum Gasteiger partial charge on any atom is 0.338 e. The highest BCUT2D eigenvalue weighted by Gasteiger charge is 2.35. The summed E-state index contributed by atoms with van der Waals surface area (Å²) in [5, 5.41) is 17.5. The predicted octanol–water partition coefficient (Wildman–Crippen LogP) is 2.84. The van der Waals surface area contributed by atoms with Crippen molar-refractivity contribution in [2.75, 3.05) is 12.4 Å². The smallest absolute Gasteiger partial charge is 0.338 e. The molecule has 1 aromatic heterocycles. The maximum absolute atomic E-state index is 12.8. The van der Waals surface area contributed by atoms with Gasteiger partial charge >= 0.3 is 5.97 Å². The number of hydrogen-bond acceptors (Lipinski definition) is 7. The summed E-state index contributed by atoms with van der Waals surface area (Å²) in [7, 11) is 1.48. The fourth-order valence-electron chi connectivity index (χ4n) is 2.85. The van der Waals surface area contributed by atoms with Crippen LogP contribution in [0.15, 0.2) is 29.7 Å². The number of benzene rings is 1. The van der Waals surface area contributed by atoms with Crippen LogP contribution in [-0.4, -0.2) is 39.1 Å². The van der Waals surface area contributed by atoms with E-state index in [1.54, 1.807) is 37.6 Å². The minimum absolute atomic E-state index is 0.0524. The Bertz CT molecular complexity index is 891. The van der Waals surface area contributed by atoms with Crippen LogP contribution in [0, 0.1) is 3.57 Å². The van der Waals surface area contributed by atoms with Crippen molar-refractivity contribution in [2.24, 2.45) is 0 Å². The van der Waals surface area contributed by atoms with Crippen molar-refractivity contribution in [3.63, 3.8) is 0 Å². The zero-order valence-electron chi connectivity index (χ0n) is 14.8. The van der Waals surface area contributed by atoms with E-state index in [0.717, 1.165) is 5.56 Å². The van der Waals surface area contributed by atoms with Crippen LogP contribution in [0.4, 0.5) is 5.95 Å². The lowest BCUT2D eigenvalue weighted by Gasteiger charge is -2.29. The van der Waals surface area contributed by atoms with Crippen LogP contribution in [-0.2, 0) is 9.53 Å². The van der Waals surface area contributed by atoms with Crippen molar-refractivity contribution in [3.8, 4) is 11.5 Å². The van der Waals surface area contributed by atoms with E-state index < -0.39 is 12.0 Å². The van der Waals surface area contributed by atoms with E-state index in [4.69, 9.17) is 9.47 Å². The Labute approximate surface area is 164 Å². The molecule has 2 aromatic rings. The second kappa shape index (κ2) is 7.14. The zero-order chi connectivity index (χ0) is 19.0. The highest BCUT2D eigenvalue weighted by atomic mass is 127. The van der Waals surface area contributed by atoms with Gasteiger partial charge < -0.3 is 19.9 Å². The lowest BCUT2D eigenvalue weighted by atomic mass is 9.95. The van der Waals surface area contributed by atoms with Gasteiger partial charge in [-0.15, -0.1) is 0 Å². The van der Waals surface area contributed by atoms with Crippen molar-refractivity contribution in [3.05, 3.63) is 38.9 Å². The van der Waals surface area contributed by atoms with Gasteiger partial charge in [-0.1, -0.05) is 0 Å². The number of nitrogens with one attached hydrogen (secondary N) is 1. The van der Waals surface area contributed by atoms with Crippen molar-refractivity contribution < 1.29 is 19.4 Å². The van der Waals surface area contributed by atoms with Gasteiger partial charge in [0.05, 0.1) is 22.4 Å². The molecule has 26 heavy (non-hydrogen) atoms. The molecule has 1 aliphatic rings. The van der Waals surface area contributed by atoms with Crippen molar-refractivity contribution in [1.82, 2.24) is 14.8 Å². The minimum Gasteiger partial charge on any atom is -0.504 e. The number of hydrogen-bond donors (Lipinski definition) is 2. The van der Waals surface area contributed by atoms with Gasteiger partial charge in [0.1, 0.15) is 12.4 Å². The highest BCUT2D eigenvalue weighted by Crippen LogP contribution is 2.40. The number of phenolic OH excluding ortho intramolecular Hbond substituents is 1. The normalized spacial score (nSPS) is 16.3. The maximum atomic E-state index is 12.8. The molecule has 9 heteroatoms. The van der Waals surface area contributed by atoms with E-state index in [-0.39, 0.29) is 11.9 Å². The van der Waals surface area contributed by atoms with Gasteiger partial charge in [-0.3, -0.25) is 0 Å². The van der Waals surface area contributed by atoms with Crippen LogP contribution in [0.5, 0.6) is 11.5 Å². The second-order valence-corrected chi connectivity index (χ2v) is 7.26. The number of allylic oxidation sites excluding steroid dienone is 1. The number of anilines is 1. The molecule has 0 radical (unpaired) electrons. The quantitative estimate of drug-likeness (QED) is 0.524. The number of phenols is 1. The summed E-state index contributed by atoms with van der Waals surface area (Å²) in [6.45, 7) is 5.39. The van der Waals surface area contributed by atoms with Crippen LogP contribution in [0.1, 0.15) is 32.4 Å². The van der Waals surface area contributed by atoms with Crippen LogP contribution < -0.4 is 10.1 Å². The molecule has 0 saturated carbocycles. The highest BCUT2D eigenvalue weighted by molar-refractivity contribution is 14.1. The molecule has 0 amide bonds. The van der Waals surface area contributed by atoms with E-state index in [1.807, 2.05) is 22.6 Å². The number of halogens is 1. The monoisotopic (exact) mass is 470 g/mol. The summed E-state index contributed by atoms with van der Waals surface area (Å²) in [4.78, 5) is 17.0. The first kappa shape index (κ1) is 18.5. The number of carbonyl (C=O) groups is 1. The van der Waals surface area contributed by atoms with Gasteiger partial charge in [0, 0.05) is 5.70 Å². The first-order valence-corrected chi connectivity index (χ1v) is 9.06. The van der Waals surface area contributed by atoms with E-state index in [0.29, 0.717) is 26.5 Å². The van der Waals surface area contributed by atoms with Gasteiger partial charge in [-0.05, 0) is 61.1 Å². The van der Waals surface area contributed by atoms with Gasteiger partial charge in [-0.25, -0.2) is 9.48 Å². The Hall–Kier alpha value is -2.30. The average Bonchev–Trinajstić information content (AvgIpc) is 3.03. The molecular formula is C17H19IN4O4. The summed E-state index contributed by atoms with van der Waals surface area (Å²) in [6, 6.07) is 2.92. The minimum atomic E-state index is -0.553. The molecule has 138 valence electrons. The Morgan fingerprint density at radius 3 is 2.81 bits per heavy atom. The third-order valence-electron chi connectivity index (χ3n) is 3.94. The van der Waals surface area contributed by atoms with E-state index in [1.165, 1.54) is 13.4 Å². The Balaban J connectivity index is 2.18. The number of carbonyl (C=O) groups excluding carboxylic acids is 1. The van der Waals surface area contributed by atoms with Crippen LogP contribution in [0.2, 0.25) is 0 Å². The Morgan fingerprint density at radius 2 is 2.15 bits per heavy atom. The molecule has 0 aliphatic carbocycles. The molecule has 2 heterocycles. The number of ether oxygens (including phenoxy) is 2. The van der Waals surface area contributed by atoms with Crippen LogP contribution >= 0.6 is 22.6 Å². The molecule has 1 aliphatic heterocycles. The fraction of sp³-hybridized carbons (Fsp3) is 0.353. The standard InChI is InChI=1S/C17H19IN4O4/c1-8(2)26-16(24)13-9(3)21-17-19-7-20-22(17)14(13)10-5-11(18)15(23)12(6-10)25-4/h5-8,14,23H,1-4H3,(H,19,20,21)/t14-/m0/s1. The number of fused-ring (bicyclic) bond motifs is 1. The third-order valence-corrected chi connectivity index (χ3v) is 4.77.